The van der Waals surface area contributed by atoms with Crippen LogP contribution in [0, 0.1) is 98.1 Å². The van der Waals surface area contributed by atoms with E-state index in [9.17, 15) is 30.3 Å². The van der Waals surface area contributed by atoms with Crippen LogP contribution in [0.3, 0.4) is 0 Å². The van der Waals surface area contributed by atoms with E-state index in [1.807, 2.05) is 6.08 Å². The van der Waals surface area contributed by atoms with Crippen LogP contribution in [-0.2, 0) is 23.5 Å². The molecule has 12 rings (SSSR count). The Hall–Kier alpha value is -3.28. The third-order valence-electron chi connectivity index (χ3n) is 23.8. The van der Waals surface area contributed by atoms with E-state index in [0.29, 0.717) is 72.4 Å². The molecule has 2 N–H and O–H groups in total. The van der Waals surface area contributed by atoms with Gasteiger partial charge in [-0.05, 0) is 239 Å². The first-order chi connectivity index (χ1) is 34.6. The second-order valence-electron chi connectivity index (χ2n) is 27.4. The third kappa shape index (κ3) is 8.50. The van der Waals surface area contributed by atoms with Gasteiger partial charge in [-0.25, -0.2) is 0 Å². The highest BCUT2D eigenvalue weighted by molar-refractivity contribution is 6.69. The van der Waals surface area contributed by atoms with E-state index in [1.54, 1.807) is 43.4 Å². The highest BCUT2D eigenvalue weighted by Crippen LogP contribution is 2.68. The summed E-state index contributed by atoms with van der Waals surface area (Å²) in [4.78, 5) is 23.9. The maximum absolute atomic E-state index is 12.2. The van der Waals surface area contributed by atoms with Gasteiger partial charge in [0.15, 0.2) is 25.5 Å². The van der Waals surface area contributed by atoms with Crippen molar-refractivity contribution in [3.63, 3.8) is 0 Å². The van der Waals surface area contributed by atoms with Crippen LogP contribution in [0.25, 0.3) is 0 Å². The van der Waals surface area contributed by atoms with Gasteiger partial charge in [0.25, 0.3) is 0 Å². The van der Waals surface area contributed by atoms with Gasteiger partial charge < -0.3 is 24.1 Å². The van der Waals surface area contributed by atoms with Gasteiger partial charge in [-0.3, -0.25) is 9.59 Å². The van der Waals surface area contributed by atoms with E-state index in [1.165, 1.54) is 37.7 Å². The number of hydrogen-bond acceptors (Lipinski definition) is 9. The molecule has 73 heavy (non-hydrogen) atoms. The first kappa shape index (κ1) is 53.1. The van der Waals surface area contributed by atoms with Crippen LogP contribution >= 0.6 is 0 Å². The summed E-state index contributed by atoms with van der Waals surface area (Å²) < 4.78 is 17.7. The molecular weight excluding hydrogens is 925 g/mol. The molecule has 7 saturated carbocycles. The first-order valence-corrected chi connectivity index (χ1v) is 32.6. The number of methoxy groups -OCH3 is 2. The predicted molar refractivity (Wildman–Crippen MR) is 286 cm³/mol. The Kier molecular flexibility index (Phi) is 14.1. The normalized spacial score (nSPS) is 45.0. The van der Waals surface area contributed by atoms with Gasteiger partial charge in [0.2, 0.25) is 0 Å². The second-order valence-corrected chi connectivity index (χ2v) is 31.9. The van der Waals surface area contributed by atoms with E-state index in [4.69, 9.17) is 13.9 Å². The van der Waals surface area contributed by atoms with E-state index < -0.39 is 25.1 Å². The number of hydrogen-bond donors (Lipinski definition) is 2. The maximum Gasteiger partial charge on any atom is 0.185 e. The van der Waals surface area contributed by atoms with Gasteiger partial charge in [-0.15, -0.1) is 0 Å². The molecular formula is C63H90N2O7Si. The number of carbonyl (C=O) groups excluding carboxylic acids is 2. The minimum Gasteiger partial charge on any atom is -0.501 e. The number of rotatable bonds is 5. The van der Waals surface area contributed by atoms with E-state index in [-0.39, 0.29) is 22.0 Å². The molecule has 0 spiro atoms. The van der Waals surface area contributed by atoms with E-state index in [2.05, 4.69) is 64.7 Å². The summed E-state index contributed by atoms with van der Waals surface area (Å²) in [6.45, 7) is 15.0. The summed E-state index contributed by atoms with van der Waals surface area (Å²) in [5.74, 6) is 8.82. The average Bonchev–Trinajstić information content (AvgIpc) is 3.95. The number of ketones is 2. The molecule has 10 heteroatoms. The van der Waals surface area contributed by atoms with Crippen LogP contribution in [0.2, 0.25) is 19.6 Å². The Morgan fingerprint density at radius 1 is 0.616 bits per heavy atom. The zero-order chi connectivity index (χ0) is 52.1. The summed E-state index contributed by atoms with van der Waals surface area (Å²) in [5.41, 5.74) is 4.84. The monoisotopic (exact) mass is 1010 g/mol. The van der Waals surface area contributed by atoms with Crippen molar-refractivity contribution in [1.29, 1.82) is 10.5 Å². The molecule has 0 heterocycles. The van der Waals surface area contributed by atoms with Crippen molar-refractivity contribution in [2.45, 2.75) is 218 Å². The highest BCUT2D eigenvalue weighted by Gasteiger charge is 2.66. The standard InChI is InChI=1S/C23H35NO2Si.C20H27NO2.C20H28O3/c1-22-12-10-19-18-9-7-17(25-2)14-16(18)6-8-20(19)21(22)11-13-23(22,15-24)26-27(3,4)5;1-19-9-7-16-15-6-4-14(23-2)11-13(15)3-5-17(16)18(19)8-10-20(19,22)12-21;1-12(21)20(23)10-8-18-17-5-3-13-11-14(22)4-6-15(13)16(17)7-9-19(18,20)2/h7,19-21H,6,8-14H2,1-5H3;4,16-18,22H,3,5-11H2,1-2H3;11,15-18,23H,3-10H2,1-2H3/t19-,20-,21+,22+,23+;16-,17-,18+,19+,20+;15-,16+,17+,18-,19-,20-/m110/s1. The molecule has 0 unspecified atom stereocenters. The molecule has 12 aliphatic carbocycles. The zero-order valence-corrected chi connectivity index (χ0v) is 47.3. The van der Waals surface area contributed by atoms with Crippen molar-refractivity contribution >= 4 is 19.9 Å². The lowest BCUT2D eigenvalue weighted by molar-refractivity contribution is -0.157. The van der Waals surface area contributed by atoms with Gasteiger partial charge in [-0.2, -0.15) is 10.5 Å². The van der Waals surface area contributed by atoms with E-state index >= 15 is 0 Å². The van der Waals surface area contributed by atoms with Crippen molar-refractivity contribution in [2.75, 3.05) is 14.2 Å². The number of allylic oxidation sites excluding steroid dienone is 7. The van der Waals surface area contributed by atoms with Crippen LogP contribution < -0.4 is 0 Å². The van der Waals surface area contributed by atoms with Crippen molar-refractivity contribution < 1.29 is 33.7 Å². The number of aliphatic hydroxyl groups is 2. The van der Waals surface area contributed by atoms with Crippen molar-refractivity contribution in [2.24, 2.45) is 75.4 Å². The summed E-state index contributed by atoms with van der Waals surface area (Å²) in [6.07, 6.45) is 31.4. The zero-order valence-electron chi connectivity index (χ0n) is 46.3. The van der Waals surface area contributed by atoms with Gasteiger partial charge in [0, 0.05) is 35.5 Å². The van der Waals surface area contributed by atoms with Crippen LogP contribution in [0.1, 0.15) is 182 Å². The Morgan fingerprint density at radius 2 is 1.15 bits per heavy atom. The lowest BCUT2D eigenvalue weighted by Crippen LogP contribution is -2.55. The molecule has 16 atom stereocenters. The SMILES string of the molecule is CC(=O)[C@@]1(O)CC[C@H]2[C@@H]3CCC4=CC(=O)CC[C@@H]4[C@H]3CC[C@@]21C.COC1=CCC2=C(CC[C@@H]3[C@@H]2CC[C@@]2(C)[C@H]3CC[C@@]2(C#N)O[Si](C)(C)C)C1.COC1=CCC2=C(CC[C@@H]3[C@@H]2CC[C@@]2(C)[C@H]3CC[C@]2(O)C#N)C1. The quantitative estimate of drug-likeness (QED) is 0.156. The Balaban J connectivity index is 0.000000126. The number of carbonyl (C=O) groups is 2. The number of ether oxygens (including phenoxy) is 2. The van der Waals surface area contributed by atoms with Gasteiger partial charge in [0.05, 0.1) is 37.9 Å². The van der Waals surface area contributed by atoms with Crippen molar-refractivity contribution in [1.82, 2.24) is 0 Å². The average molecular weight is 1020 g/mol. The summed E-state index contributed by atoms with van der Waals surface area (Å²) in [5, 5.41) is 41.7. The minimum absolute atomic E-state index is 0.0173. The number of fused-ring (bicyclic) bond motifs is 13. The van der Waals surface area contributed by atoms with Crippen LogP contribution in [0.5, 0.6) is 0 Å². The lowest BCUT2D eigenvalue weighted by atomic mass is 9.50. The smallest absolute Gasteiger partial charge is 0.185 e. The molecule has 0 saturated heterocycles. The molecule has 0 aromatic rings. The number of nitriles is 2. The fraction of sp³-hybridized carbons (Fsp3) is 0.778. The molecule has 0 bridgehead atoms. The molecule has 12 aliphatic rings. The highest BCUT2D eigenvalue weighted by atomic mass is 28.4. The van der Waals surface area contributed by atoms with Gasteiger partial charge in [0.1, 0.15) is 11.2 Å². The topological polar surface area (TPSA) is 150 Å². The maximum atomic E-state index is 12.2. The van der Waals surface area contributed by atoms with Crippen molar-refractivity contribution in [3.8, 4) is 12.1 Å². The van der Waals surface area contributed by atoms with Crippen LogP contribution in [-0.4, -0.2) is 61.1 Å². The van der Waals surface area contributed by atoms with E-state index in [0.717, 1.165) is 126 Å². The van der Waals surface area contributed by atoms with Crippen LogP contribution in [0.15, 0.2) is 57.6 Å². The molecule has 0 radical (unpaired) electrons. The largest absolute Gasteiger partial charge is 0.501 e. The predicted octanol–water partition coefficient (Wildman–Crippen LogP) is 13.5. The summed E-state index contributed by atoms with van der Waals surface area (Å²) >= 11 is 0. The molecule has 398 valence electrons. The number of Topliss-reactive ketones (excluding diaryl/α,β-unsaturated/α-hetero) is 1. The lowest BCUT2D eigenvalue weighted by Gasteiger charge is -2.55. The van der Waals surface area contributed by atoms with Gasteiger partial charge in [-0.1, -0.05) is 48.6 Å². The Morgan fingerprint density at radius 3 is 1.71 bits per heavy atom. The molecule has 0 aromatic carbocycles. The molecule has 0 aromatic heterocycles. The fourth-order valence-electron chi connectivity index (χ4n) is 20.0. The second kappa shape index (κ2) is 19.3. The molecule has 0 aliphatic heterocycles. The summed E-state index contributed by atoms with van der Waals surface area (Å²) in [6, 6.07) is 4.98. The minimum atomic E-state index is -1.78. The van der Waals surface area contributed by atoms with Crippen molar-refractivity contribution in [3.05, 3.63) is 57.6 Å². The third-order valence-corrected chi connectivity index (χ3v) is 24.7. The fourth-order valence-corrected chi connectivity index (χ4v) is 21.4. The first-order valence-electron chi connectivity index (χ1n) is 29.2. The molecule has 7 fully saturated rings. The number of nitrogens with zero attached hydrogens (tertiary/aromatic N) is 2. The molecule has 9 nitrogen and oxygen atoms in total. The van der Waals surface area contributed by atoms with Crippen LogP contribution in [0.4, 0.5) is 0 Å². The Labute approximate surface area is 439 Å². The Bertz CT molecular complexity index is 2480. The van der Waals surface area contributed by atoms with Gasteiger partial charge >= 0.3 is 0 Å². The molecule has 0 amide bonds. The summed E-state index contributed by atoms with van der Waals surface area (Å²) in [7, 11) is 1.80.